The third-order valence-electron chi connectivity index (χ3n) is 4.87. The van der Waals surface area contributed by atoms with E-state index in [9.17, 15) is 0 Å². The second kappa shape index (κ2) is 6.99. The molecule has 1 aliphatic rings. The van der Waals surface area contributed by atoms with Crippen molar-refractivity contribution in [1.82, 2.24) is 9.55 Å². The monoisotopic (exact) mass is 365 g/mol. The molecule has 132 valence electrons. The number of anilines is 1. The predicted molar refractivity (Wildman–Crippen MR) is 106 cm³/mol. The second-order valence-electron chi connectivity index (χ2n) is 6.72. The molecule has 0 aliphatic carbocycles. The van der Waals surface area contributed by atoms with Gasteiger partial charge in [-0.15, -0.1) is 0 Å². The van der Waals surface area contributed by atoms with Crippen LogP contribution in [0.5, 0.6) is 0 Å². The van der Waals surface area contributed by atoms with Crippen molar-refractivity contribution in [3.63, 3.8) is 0 Å². The summed E-state index contributed by atoms with van der Waals surface area (Å²) in [6.07, 6.45) is 2.13. The molecule has 26 heavy (non-hydrogen) atoms. The van der Waals surface area contributed by atoms with Gasteiger partial charge in [-0.25, -0.2) is 9.83 Å². The number of piperidine rings is 1. The Kier molecular flexibility index (Phi) is 4.54. The number of para-hydroxylation sites is 2. The first-order valence-electron chi connectivity index (χ1n) is 8.77. The lowest BCUT2D eigenvalue weighted by atomic mass is 10.1. The molecule has 1 aliphatic heterocycles. The van der Waals surface area contributed by atoms with Crippen molar-refractivity contribution in [1.29, 1.82) is 0 Å². The van der Waals surface area contributed by atoms with Crippen LogP contribution >= 0.6 is 11.6 Å². The summed E-state index contributed by atoms with van der Waals surface area (Å²) >= 11 is 6.43. The number of hydrogen-bond donors (Lipinski definition) is 1. The molecule has 0 amide bonds. The standard InChI is InChI=1S/C20H20ClN5/c1-23-16-9-8-14(17(21)11-16)12-26-19-7-3-2-6-18(19)24-20(26)25-10-4-5-15(22)13-25/h2-3,6-9,11,15H,4-5,10,12-13,22H2/t15-/m0/s1. The van der Waals surface area contributed by atoms with Crippen LogP contribution in [-0.2, 0) is 6.54 Å². The molecule has 0 radical (unpaired) electrons. The van der Waals surface area contributed by atoms with E-state index >= 15 is 0 Å². The van der Waals surface area contributed by atoms with Gasteiger partial charge in [-0.05, 0) is 36.6 Å². The van der Waals surface area contributed by atoms with E-state index < -0.39 is 0 Å². The highest BCUT2D eigenvalue weighted by Crippen LogP contribution is 2.29. The SMILES string of the molecule is [C-]#[N+]c1ccc(Cn2c(N3CCC[C@H](N)C3)nc3ccccc32)c(Cl)c1. The molecule has 1 fully saturated rings. The molecule has 1 saturated heterocycles. The summed E-state index contributed by atoms with van der Waals surface area (Å²) in [6, 6.07) is 13.8. The minimum absolute atomic E-state index is 0.179. The fourth-order valence-electron chi connectivity index (χ4n) is 3.56. The van der Waals surface area contributed by atoms with E-state index in [4.69, 9.17) is 28.9 Å². The molecule has 5 nitrogen and oxygen atoms in total. The van der Waals surface area contributed by atoms with Crippen LogP contribution in [0.4, 0.5) is 11.6 Å². The lowest BCUT2D eigenvalue weighted by Crippen LogP contribution is -2.44. The highest BCUT2D eigenvalue weighted by Gasteiger charge is 2.23. The van der Waals surface area contributed by atoms with E-state index in [2.05, 4.69) is 20.4 Å². The highest BCUT2D eigenvalue weighted by molar-refractivity contribution is 6.31. The van der Waals surface area contributed by atoms with Gasteiger partial charge in [-0.3, -0.25) is 0 Å². The van der Waals surface area contributed by atoms with Gasteiger partial charge in [0.2, 0.25) is 5.95 Å². The largest absolute Gasteiger partial charge is 0.341 e. The Hall–Kier alpha value is -2.55. The van der Waals surface area contributed by atoms with Gasteiger partial charge >= 0.3 is 0 Å². The summed E-state index contributed by atoms with van der Waals surface area (Å²) in [4.78, 5) is 10.6. The minimum atomic E-state index is 0.179. The molecule has 1 atom stereocenters. The molecular formula is C20H20ClN5. The molecule has 2 N–H and O–H groups in total. The van der Waals surface area contributed by atoms with E-state index in [-0.39, 0.29) is 6.04 Å². The zero-order valence-electron chi connectivity index (χ0n) is 14.4. The zero-order valence-corrected chi connectivity index (χ0v) is 15.2. The van der Waals surface area contributed by atoms with Crippen molar-refractivity contribution in [3.8, 4) is 0 Å². The van der Waals surface area contributed by atoms with Gasteiger partial charge in [-0.1, -0.05) is 35.9 Å². The second-order valence-corrected chi connectivity index (χ2v) is 7.13. The van der Waals surface area contributed by atoms with Crippen LogP contribution in [0, 0.1) is 6.57 Å². The molecule has 2 aromatic carbocycles. The molecule has 0 bridgehead atoms. The smallest absolute Gasteiger partial charge is 0.206 e. The van der Waals surface area contributed by atoms with Gasteiger partial charge in [0.25, 0.3) is 0 Å². The van der Waals surface area contributed by atoms with Crippen molar-refractivity contribution in [2.75, 3.05) is 18.0 Å². The maximum Gasteiger partial charge on any atom is 0.206 e. The number of nitrogens with two attached hydrogens (primary N) is 1. The quantitative estimate of drug-likeness (QED) is 0.707. The first kappa shape index (κ1) is 16.9. The fourth-order valence-corrected chi connectivity index (χ4v) is 3.79. The molecular weight excluding hydrogens is 346 g/mol. The number of rotatable bonds is 3. The summed E-state index contributed by atoms with van der Waals surface area (Å²) in [5.74, 6) is 0.937. The molecule has 0 saturated carbocycles. The number of hydrogen-bond acceptors (Lipinski definition) is 3. The third-order valence-corrected chi connectivity index (χ3v) is 5.22. The van der Waals surface area contributed by atoms with Gasteiger partial charge in [0.15, 0.2) is 5.69 Å². The third kappa shape index (κ3) is 3.14. The highest BCUT2D eigenvalue weighted by atomic mass is 35.5. The Bertz CT molecular complexity index is 988. The number of nitrogens with zero attached hydrogens (tertiary/aromatic N) is 4. The van der Waals surface area contributed by atoms with Gasteiger partial charge in [0, 0.05) is 24.2 Å². The molecule has 4 rings (SSSR count). The van der Waals surface area contributed by atoms with Gasteiger partial charge < -0.3 is 15.2 Å². The fraction of sp³-hybridized carbons (Fsp3) is 0.300. The number of aromatic nitrogens is 2. The lowest BCUT2D eigenvalue weighted by molar-refractivity contribution is 0.495. The van der Waals surface area contributed by atoms with Crippen LogP contribution in [0.15, 0.2) is 42.5 Å². The summed E-state index contributed by atoms with van der Waals surface area (Å²) in [6.45, 7) is 9.52. The van der Waals surface area contributed by atoms with E-state index in [0.29, 0.717) is 17.3 Å². The Morgan fingerprint density at radius 1 is 1.27 bits per heavy atom. The maximum absolute atomic E-state index is 7.13. The van der Waals surface area contributed by atoms with E-state index in [1.165, 1.54) is 0 Å². The Balaban J connectivity index is 1.78. The van der Waals surface area contributed by atoms with Crippen molar-refractivity contribution >= 4 is 34.3 Å². The van der Waals surface area contributed by atoms with Crippen LogP contribution in [0.1, 0.15) is 18.4 Å². The molecule has 6 heteroatoms. The Morgan fingerprint density at radius 2 is 2.12 bits per heavy atom. The Labute approximate surface area is 157 Å². The van der Waals surface area contributed by atoms with Gasteiger partial charge in [0.05, 0.1) is 24.2 Å². The predicted octanol–water partition coefficient (Wildman–Crippen LogP) is 4.22. The maximum atomic E-state index is 7.13. The van der Waals surface area contributed by atoms with Crippen molar-refractivity contribution in [2.24, 2.45) is 5.73 Å². The number of fused-ring (bicyclic) bond motifs is 1. The number of benzene rings is 2. The molecule has 0 unspecified atom stereocenters. The van der Waals surface area contributed by atoms with Crippen LogP contribution < -0.4 is 10.6 Å². The van der Waals surface area contributed by atoms with Gasteiger partial charge in [-0.2, -0.15) is 0 Å². The molecule has 2 heterocycles. The van der Waals surface area contributed by atoms with Crippen LogP contribution in [0.2, 0.25) is 5.02 Å². The molecule has 3 aromatic rings. The van der Waals surface area contributed by atoms with Crippen LogP contribution in [-0.4, -0.2) is 28.7 Å². The van der Waals surface area contributed by atoms with Crippen LogP contribution in [0.3, 0.4) is 0 Å². The normalized spacial score (nSPS) is 17.4. The van der Waals surface area contributed by atoms with E-state index in [0.717, 1.165) is 48.5 Å². The zero-order chi connectivity index (χ0) is 18.1. The van der Waals surface area contributed by atoms with Crippen molar-refractivity contribution in [3.05, 3.63) is 64.5 Å². The average molecular weight is 366 g/mol. The lowest BCUT2D eigenvalue weighted by Gasteiger charge is -2.32. The van der Waals surface area contributed by atoms with Crippen molar-refractivity contribution in [2.45, 2.75) is 25.4 Å². The summed E-state index contributed by atoms with van der Waals surface area (Å²) in [7, 11) is 0. The topological polar surface area (TPSA) is 51.4 Å². The molecule has 1 aromatic heterocycles. The van der Waals surface area contributed by atoms with Crippen molar-refractivity contribution < 1.29 is 0 Å². The average Bonchev–Trinajstić information content (AvgIpc) is 3.02. The Morgan fingerprint density at radius 3 is 2.88 bits per heavy atom. The number of imidazole rings is 1. The summed E-state index contributed by atoms with van der Waals surface area (Å²) in [5, 5.41) is 0.609. The minimum Gasteiger partial charge on any atom is -0.341 e. The number of halogens is 1. The van der Waals surface area contributed by atoms with E-state index in [1.54, 1.807) is 6.07 Å². The van der Waals surface area contributed by atoms with Gasteiger partial charge in [0.1, 0.15) is 0 Å². The van der Waals surface area contributed by atoms with E-state index in [1.807, 2.05) is 30.3 Å². The molecule has 0 spiro atoms. The summed E-state index contributed by atoms with van der Waals surface area (Å²) in [5.41, 5.74) is 9.76. The first-order valence-corrected chi connectivity index (χ1v) is 9.15. The summed E-state index contributed by atoms with van der Waals surface area (Å²) < 4.78 is 2.20. The first-order chi connectivity index (χ1) is 12.7. The van der Waals surface area contributed by atoms with Crippen LogP contribution in [0.25, 0.3) is 15.9 Å².